The summed E-state index contributed by atoms with van der Waals surface area (Å²) >= 11 is 0. The monoisotopic (exact) mass is 413 g/mol. The average molecular weight is 413 g/mol. The molecule has 154 valence electrons. The Balaban J connectivity index is 2.06. The van der Waals surface area contributed by atoms with Crippen LogP contribution in [0.3, 0.4) is 0 Å². The molecule has 0 amide bonds. The number of rotatable bonds is 4. The maximum atomic E-state index is 13.5. The smallest absolute Gasteiger partial charge is 0.367 e. The minimum atomic E-state index is -4.63. The number of carbonyl (C=O) groups excluding carboxylic acids is 1. The maximum Gasteiger partial charge on any atom is 0.416 e. The van der Waals surface area contributed by atoms with Crippen molar-refractivity contribution in [2.24, 2.45) is 0 Å². The third kappa shape index (κ3) is 4.02. The van der Waals surface area contributed by atoms with Gasteiger partial charge in [-0.1, -0.05) is 36.4 Å². The van der Waals surface area contributed by atoms with Gasteiger partial charge in [0.25, 0.3) is 0 Å². The second-order valence-electron chi connectivity index (χ2n) is 6.95. The van der Waals surface area contributed by atoms with E-state index >= 15 is 0 Å². The predicted molar refractivity (Wildman–Crippen MR) is 96.6 cm³/mol. The fourth-order valence-corrected chi connectivity index (χ4v) is 3.80. The van der Waals surface area contributed by atoms with E-state index in [1.807, 2.05) is 0 Å². The minimum absolute atomic E-state index is 0.205. The normalized spacial score (nSPS) is 22.2. The molecule has 0 heterocycles. The van der Waals surface area contributed by atoms with E-state index in [4.69, 9.17) is 0 Å². The van der Waals surface area contributed by atoms with E-state index in [1.54, 1.807) is 18.2 Å². The van der Waals surface area contributed by atoms with Gasteiger partial charge in [-0.2, -0.15) is 26.3 Å². The van der Waals surface area contributed by atoms with Gasteiger partial charge >= 0.3 is 12.4 Å². The zero-order valence-corrected chi connectivity index (χ0v) is 15.3. The van der Waals surface area contributed by atoms with Crippen LogP contribution < -0.4 is 4.90 Å². The Labute approximate surface area is 163 Å². The predicted octanol–water partition coefficient (Wildman–Crippen LogP) is 5.54. The van der Waals surface area contributed by atoms with E-state index < -0.39 is 41.6 Å². The zero-order chi connectivity index (χ0) is 21.4. The molecule has 0 saturated carbocycles. The lowest BCUT2D eigenvalue weighted by Crippen LogP contribution is -2.52. The van der Waals surface area contributed by atoms with Gasteiger partial charge in [0, 0.05) is 12.7 Å². The number of halogens is 6. The molecular formula is C21H17F6NO. The Morgan fingerprint density at radius 2 is 1.52 bits per heavy atom. The van der Waals surface area contributed by atoms with Crippen LogP contribution in [0, 0.1) is 0 Å². The lowest BCUT2D eigenvalue weighted by Gasteiger charge is -2.41. The van der Waals surface area contributed by atoms with Gasteiger partial charge in [-0.25, -0.2) is 0 Å². The van der Waals surface area contributed by atoms with Crippen LogP contribution in [0.1, 0.15) is 17.5 Å². The van der Waals surface area contributed by atoms with Crippen LogP contribution in [0.5, 0.6) is 0 Å². The third-order valence-electron chi connectivity index (χ3n) is 5.16. The van der Waals surface area contributed by atoms with Gasteiger partial charge in [0.1, 0.15) is 0 Å². The number of allylic oxidation sites excluding steroid dienone is 1. The minimum Gasteiger partial charge on any atom is -0.367 e. The molecule has 0 aliphatic heterocycles. The number of ketones is 1. The van der Waals surface area contributed by atoms with Crippen molar-refractivity contribution in [2.75, 3.05) is 11.9 Å². The van der Waals surface area contributed by atoms with Crippen molar-refractivity contribution < 1.29 is 31.1 Å². The zero-order valence-electron chi connectivity index (χ0n) is 15.3. The summed E-state index contributed by atoms with van der Waals surface area (Å²) in [6.45, 7) is 0. The Kier molecular flexibility index (Phi) is 5.23. The average Bonchev–Trinajstić information content (AvgIpc) is 2.97. The fourth-order valence-electron chi connectivity index (χ4n) is 3.80. The Morgan fingerprint density at radius 1 is 0.931 bits per heavy atom. The molecule has 0 bridgehead atoms. The quantitative estimate of drug-likeness (QED) is 0.614. The SMILES string of the molecule is CN(c1ccc(C(F)(F)F)cc1)[C@@H]1C=CC(=O)[C@]1(CC(F)(F)F)c1ccccc1. The highest BCUT2D eigenvalue weighted by atomic mass is 19.4. The molecule has 3 rings (SSSR count). The van der Waals surface area contributed by atoms with Gasteiger partial charge in [0.05, 0.1) is 23.4 Å². The molecule has 0 aromatic heterocycles. The molecule has 1 aliphatic carbocycles. The number of likely N-dealkylation sites (N-methyl/N-ethyl adjacent to an activating group) is 1. The number of carbonyl (C=O) groups is 1. The largest absolute Gasteiger partial charge is 0.416 e. The third-order valence-corrected chi connectivity index (χ3v) is 5.16. The van der Waals surface area contributed by atoms with Crippen molar-refractivity contribution in [3.05, 3.63) is 77.9 Å². The summed E-state index contributed by atoms with van der Waals surface area (Å²) in [5.41, 5.74) is -2.31. The molecule has 2 aromatic rings. The molecule has 2 nitrogen and oxygen atoms in total. The van der Waals surface area contributed by atoms with E-state index in [9.17, 15) is 31.1 Å². The van der Waals surface area contributed by atoms with E-state index in [0.29, 0.717) is 0 Å². The van der Waals surface area contributed by atoms with Crippen molar-refractivity contribution in [3.8, 4) is 0 Å². The van der Waals surface area contributed by atoms with Gasteiger partial charge in [-0.15, -0.1) is 0 Å². The van der Waals surface area contributed by atoms with Crippen molar-refractivity contribution in [1.82, 2.24) is 0 Å². The Hall–Kier alpha value is -2.77. The summed E-state index contributed by atoms with van der Waals surface area (Å²) in [5.74, 6) is -0.690. The molecule has 0 saturated heterocycles. The van der Waals surface area contributed by atoms with Crippen molar-refractivity contribution in [3.63, 3.8) is 0 Å². The number of hydrogen-bond acceptors (Lipinski definition) is 2. The molecule has 2 aromatic carbocycles. The summed E-state index contributed by atoms with van der Waals surface area (Å²) in [4.78, 5) is 14.1. The first-order chi connectivity index (χ1) is 13.4. The molecule has 29 heavy (non-hydrogen) atoms. The van der Waals surface area contributed by atoms with Gasteiger partial charge in [-0.3, -0.25) is 4.79 Å². The number of alkyl halides is 6. The first-order valence-electron chi connectivity index (χ1n) is 8.70. The summed E-state index contributed by atoms with van der Waals surface area (Å²) in [5, 5.41) is 0. The van der Waals surface area contributed by atoms with Gasteiger partial charge in [-0.05, 0) is 35.9 Å². The molecule has 8 heteroatoms. The summed E-state index contributed by atoms with van der Waals surface area (Å²) < 4.78 is 79.0. The van der Waals surface area contributed by atoms with E-state index in [-0.39, 0.29) is 11.3 Å². The molecule has 0 unspecified atom stereocenters. The number of nitrogens with zero attached hydrogens (tertiary/aromatic N) is 1. The fraction of sp³-hybridized carbons (Fsp3) is 0.286. The number of hydrogen-bond donors (Lipinski definition) is 0. The van der Waals surface area contributed by atoms with Crippen LogP contribution in [0.25, 0.3) is 0 Å². The molecule has 0 fully saturated rings. The van der Waals surface area contributed by atoms with Crippen LogP contribution in [0.2, 0.25) is 0 Å². The lowest BCUT2D eigenvalue weighted by molar-refractivity contribution is -0.155. The Morgan fingerprint density at radius 3 is 2.03 bits per heavy atom. The molecular weight excluding hydrogens is 396 g/mol. The van der Waals surface area contributed by atoms with Crippen LogP contribution in [-0.2, 0) is 16.4 Å². The summed E-state index contributed by atoms with van der Waals surface area (Å²) in [6.07, 6.45) is -8.05. The van der Waals surface area contributed by atoms with Crippen LogP contribution >= 0.6 is 0 Å². The van der Waals surface area contributed by atoms with E-state index in [1.165, 1.54) is 42.3 Å². The van der Waals surface area contributed by atoms with Gasteiger partial charge in [0.15, 0.2) is 5.78 Å². The van der Waals surface area contributed by atoms with Crippen molar-refractivity contribution in [2.45, 2.75) is 30.2 Å². The summed E-state index contributed by atoms with van der Waals surface area (Å²) in [6, 6.07) is 10.7. The van der Waals surface area contributed by atoms with Crippen LogP contribution in [-0.4, -0.2) is 25.0 Å². The summed E-state index contributed by atoms with van der Waals surface area (Å²) in [7, 11) is 1.46. The first kappa shape index (κ1) is 21.0. The highest BCUT2D eigenvalue weighted by molar-refractivity contribution is 6.03. The van der Waals surface area contributed by atoms with Crippen LogP contribution in [0.15, 0.2) is 66.7 Å². The topological polar surface area (TPSA) is 20.3 Å². The highest BCUT2D eigenvalue weighted by Gasteiger charge is 2.55. The molecule has 0 spiro atoms. The number of anilines is 1. The van der Waals surface area contributed by atoms with Crippen molar-refractivity contribution in [1.29, 1.82) is 0 Å². The highest BCUT2D eigenvalue weighted by Crippen LogP contribution is 2.46. The molecule has 1 aliphatic rings. The number of benzene rings is 2. The van der Waals surface area contributed by atoms with Crippen molar-refractivity contribution >= 4 is 11.5 Å². The Bertz CT molecular complexity index is 902. The molecule has 0 radical (unpaired) electrons. The van der Waals surface area contributed by atoms with E-state index in [2.05, 4.69) is 0 Å². The first-order valence-corrected chi connectivity index (χ1v) is 8.70. The second-order valence-corrected chi connectivity index (χ2v) is 6.95. The second kappa shape index (κ2) is 7.24. The standard InChI is InChI=1S/C21H17F6NO/c1-28(16-9-7-15(8-10-16)21(25,26)27)17-11-12-18(29)19(17,13-20(22,23)24)14-5-3-2-4-6-14/h2-12,17H,13H2,1H3/t17-,19-/m1/s1. The molecule has 2 atom stereocenters. The van der Waals surface area contributed by atoms with Gasteiger partial charge < -0.3 is 4.90 Å². The lowest BCUT2D eigenvalue weighted by atomic mass is 9.71. The van der Waals surface area contributed by atoms with Crippen LogP contribution in [0.4, 0.5) is 32.0 Å². The van der Waals surface area contributed by atoms with E-state index in [0.717, 1.165) is 18.2 Å². The maximum absolute atomic E-state index is 13.5. The molecule has 0 N–H and O–H groups in total. The van der Waals surface area contributed by atoms with Gasteiger partial charge in [0.2, 0.25) is 0 Å².